The lowest BCUT2D eigenvalue weighted by atomic mass is 9.98. The highest BCUT2D eigenvalue weighted by Crippen LogP contribution is 2.28. The van der Waals surface area contributed by atoms with Crippen molar-refractivity contribution >= 4 is 21.6 Å². The second kappa shape index (κ2) is 5.64. The first-order chi connectivity index (χ1) is 9.22. The smallest absolute Gasteiger partial charge is 0.243 e. The molecule has 0 saturated carbocycles. The second-order valence-electron chi connectivity index (χ2n) is 5.66. The summed E-state index contributed by atoms with van der Waals surface area (Å²) in [6, 6.07) is 4.89. The molecule has 1 atom stereocenters. The van der Waals surface area contributed by atoms with Gasteiger partial charge in [-0.2, -0.15) is 4.31 Å². The summed E-state index contributed by atoms with van der Waals surface area (Å²) in [4.78, 5) is 0.256. The standard InChI is InChI=1S/C14H20ClNO3S/c1-11-4-5-12(15)10-13(11)20(18,19)16-8-3-6-14(2,17)7-9-16/h4-5,10,17H,3,6-9H2,1-2H3. The highest BCUT2D eigenvalue weighted by Gasteiger charge is 2.32. The van der Waals surface area contributed by atoms with Crippen LogP contribution in [0.25, 0.3) is 0 Å². The molecule has 0 bridgehead atoms. The minimum atomic E-state index is -3.55. The maximum Gasteiger partial charge on any atom is 0.243 e. The predicted octanol–water partition coefficient (Wildman–Crippen LogP) is 2.57. The highest BCUT2D eigenvalue weighted by atomic mass is 35.5. The van der Waals surface area contributed by atoms with Crippen molar-refractivity contribution in [1.29, 1.82) is 0 Å². The van der Waals surface area contributed by atoms with Gasteiger partial charge in [0, 0.05) is 18.1 Å². The highest BCUT2D eigenvalue weighted by molar-refractivity contribution is 7.89. The molecule has 1 aromatic carbocycles. The Labute approximate surface area is 125 Å². The van der Waals surface area contributed by atoms with Gasteiger partial charge in [0.2, 0.25) is 10.0 Å². The zero-order valence-electron chi connectivity index (χ0n) is 11.8. The van der Waals surface area contributed by atoms with E-state index in [0.29, 0.717) is 42.9 Å². The van der Waals surface area contributed by atoms with Crippen LogP contribution in [0.3, 0.4) is 0 Å². The van der Waals surface area contributed by atoms with Crippen LogP contribution >= 0.6 is 11.6 Å². The van der Waals surface area contributed by atoms with Gasteiger partial charge in [0.25, 0.3) is 0 Å². The lowest BCUT2D eigenvalue weighted by Gasteiger charge is -2.23. The van der Waals surface area contributed by atoms with E-state index in [-0.39, 0.29) is 4.90 Å². The summed E-state index contributed by atoms with van der Waals surface area (Å²) in [5.74, 6) is 0. The van der Waals surface area contributed by atoms with Crippen molar-refractivity contribution in [2.24, 2.45) is 0 Å². The molecule has 4 nitrogen and oxygen atoms in total. The maximum absolute atomic E-state index is 12.7. The first-order valence-electron chi connectivity index (χ1n) is 6.71. The maximum atomic E-state index is 12.7. The van der Waals surface area contributed by atoms with Gasteiger partial charge in [0.05, 0.1) is 10.5 Å². The third kappa shape index (κ3) is 3.34. The summed E-state index contributed by atoms with van der Waals surface area (Å²) >= 11 is 5.92. The number of hydrogen-bond donors (Lipinski definition) is 1. The van der Waals surface area contributed by atoms with Crippen LogP contribution in [-0.2, 0) is 10.0 Å². The molecule has 1 N–H and O–H groups in total. The van der Waals surface area contributed by atoms with Gasteiger partial charge in [-0.3, -0.25) is 0 Å². The zero-order valence-corrected chi connectivity index (χ0v) is 13.3. The Bertz CT molecular complexity index is 598. The van der Waals surface area contributed by atoms with Gasteiger partial charge in [-0.25, -0.2) is 8.42 Å². The largest absolute Gasteiger partial charge is 0.390 e. The number of rotatable bonds is 2. The molecule has 1 aliphatic rings. The molecule has 0 amide bonds. The molecular weight excluding hydrogens is 298 g/mol. The lowest BCUT2D eigenvalue weighted by molar-refractivity contribution is 0.0465. The number of hydrogen-bond acceptors (Lipinski definition) is 3. The van der Waals surface area contributed by atoms with E-state index in [1.165, 1.54) is 10.4 Å². The monoisotopic (exact) mass is 317 g/mol. The van der Waals surface area contributed by atoms with Crippen molar-refractivity contribution in [2.45, 2.75) is 43.6 Å². The first kappa shape index (κ1) is 15.8. The van der Waals surface area contributed by atoms with E-state index in [0.717, 1.165) is 0 Å². The third-order valence-electron chi connectivity index (χ3n) is 3.79. The summed E-state index contributed by atoms with van der Waals surface area (Å²) in [7, 11) is -3.55. The Balaban J connectivity index is 2.33. The fraction of sp³-hybridized carbons (Fsp3) is 0.571. The van der Waals surface area contributed by atoms with Crippen molar-refractivity contribution < 1.29 is 13.5 Å². The Morgan fingerprint density at radius 1 is 1.30 bits per heavy atom. The second-order valence-corrected chi connectivity index (χ2v) is 8.01. The van der Waals surface area contributed by atoms with Crippen molar-refractivity contribution in [2.75, 3.05) is 13.1 Å². The molecule has 0 aromatic heterocycles. The van der Waals surface area contributed by atoms with Gasteiger partial charge in [-0.15, -0.1) is 0 Å². The Morgan fingerprint density at radius 2 is 2.00 bits per heavy atom. The van der Waals surface area contributed by atoms with Crippen LogP contribution in [0.4, 0.5) is 0 Å². The van der Waals surface area contributed by atoms with E-state index in [9.17, 15) is 13.5 Å². The molecule has 1 saturated heterocycles. The number of nitrogens with zero attached hydrogens (tertiary/aromatic N) is 1. The van der Waals surface area contributed by atoms with Crippen molar-refractivity contribution in [3.8, 4) is 0 Å². The first-order valence-corrected chi connectivity index (χ1v) is 8.53. The molecule has 6 heteroatoms. The van der Waals surface area contributed by atoms with Crippen molar-refractivity contribution in [1.82, 2.24) is 4.31 Å². The normalized spacial score (nSPS) is 25.4. The van der Waals surface area contributed by atoms with Gasteiger partial charge >= 0.3 is 0 Å². The number of aliphatic hydroxyl groups is 1. The minimum Gasteiger partial charge on any atom is -0.390 e. The molecule has 1 unspecified atom stereocenters. The Morgan fingerprint density at radius 3 is 2.70 bits per heavy atom. The summed E-state index contributed by atoms with van der Waals surface area (Å²) in [5, 5.41) is 10.5. The molecule has 0 radical (unpaired) electrons. The third-order valence-corrected chi connectivity index (χ3v) is 6.07. The van der Waals surface area contributed by atoms with Crippen LogP contribution in [0.15, 0.2) is 23.1 Å². The number of aryl methyl sites for hydroxylation is 1. The number of benzene rings is 1. The summed E-state index contributed by atoms with van der Waals surface area (Å²) in [5.41, 5.74) is -0.0985. The lowest BCUT2D eigenvalue weighted by Crippen LogP contribution is -2.33. The van der Waals surface area contributed by atoms with E-state index in [1.807, 2.05) is 0 Å². The fourth-order valence-corrected chi connectivity index (χ4v) is 4.44. The minimum absolute atomic E-state index is 0.256. The molecule has 1 aromatic rings. The average Bonchev–Trinajstić information content (AvgIpc) is 2.53. The van der Waals surface area contributed by atoms with E-state index in [1.54, 1.807) is 26.0 Å². The Kier molecular flexibility index (Phi) is 4.44. The van der Waals surface area contributed by atoms with Gasteiger partial charge in [-0.1, -0.05) is 17.7 Å². The number of halogens is 1. The summed E-state index contributed by atoms with van der Waals surface area (Å²) in [6.45, 7) is 4.29. The molecule has 0 spiro atoms. The molecule has 112 valence electrons. The zero-order chi connectivity index (χ0) is 15.0. The SMILES string of the molecule is Cc1ccc(Cl)cc1S(=O)(=O)N1CCCC(C)(O)CC1. The molecular formula is C14H20ClNO3S. The van der Waals surface area contributed by atoms with Crippen LogP contribution < -0.4 is 0 Å². The topological polar surface area (TPSA) is 57.6 Å². The number of sulfonamides is 1. The van der Waals surface area contributed by atoms with Gasteiger partial charge < -0.3 is 5.11 Å². The van der Waals surface area contributed by atoms with Gasteiger partial charge in [-0.05, 0) is 50.8 Å². The molecule has 1 fully saturated rings. The average molecular weight is 318 g/mol. The van der Waals surface area contributed by atoms with E-state index >= 15 is 0 Å². The van der Waals surface area contributed by atoms with Crippen LogP contribution in [0.5, 0.6) is 0 Å². The predicted molar refractivity (Wildman–Crippen MR) is 79.4 cm³/mol. The Hall–Kier alpha value is -0.620. The van der Waals surface area contributed by atoms with Crippen molar-refractivity contribution in [3.05, 3.63) is 28.8 Å². The molecule has 1 aliphatic heterocycles. The van der Waals surface area contributed by atoms with Crippen molar-refractivity contribution in [3.63, 3.8) is 0 Å². The molecule has 1 heterocycles. The van der Waals surface area contributed by atoms with Crippen LogP contribution in [0.1, 0.15) is 31.7 Å². The van der Waals surface area contributed by atoms with Crippen LogP contribution in [0.2, 0.25) is 5.02 Å². The molecule has 2 rings (SSSR count). The van der Waals surface area contributed by atoms with E-state index in [2.05, 4.69) is 0 Å². The summed E-state index contributed by atoms with van der Waals surface area (Å²) in [6.07, 6.45) is 1.73. The molecule has 0 aliphatic carbocycles. The van der Waals surface area contributed by atoms with Gasteiger partial charge in [0.1, 0.15) is 0 Å². The van der Waals surface area contributed by atoms with E-state index in [4.69, 9.17) is 11.6 Å². The molecule has 20 heavy (non-hydrogen) atoms. The van der Waals surface area contributed by atoms with Crippen LogP contribution in [-0.4, -0.2) is 36.5 Å². The summed E-state index contributed by atoms with van der Waals surface area (Å²) < 4.78 is 26.9. The van der Waals surface area contributed by atoms with E-state index < -0.39 is 15.6 Å². The van der Waals surface area contributed by atoms with Crippen LogP contribution in [0, 0.1) is 6.92 Å². The fourth-order valence-electron chi connectivity index (χ4n) is 2.47. The van der Waals surface area contributed by atoms with Gasteiger partial charge in [0.15, 0.2) is 0 Å². The quantitative estimate of drug-likeness (QED) is 0.912.